The molecule has 0 unspecified atom stereocenters. The molecule has 2 rings (SSSR count). The third kappa shape index (κ3) is 3.48. The van der Waals surface area contributed by atoms with E-state index >= 15 is 0 Å². The number of esters is 1. The minimum Gasteiger partial charge on any atom is -0.456 e. The molecule has 2 N–H and O–H groups in total. The summed E-state index contributed by atoms with van der Waals surface area (Å²) in [6.07, 6.45) is 0. The monoisotopic (exact) mass is 380 g/mol. The number of fused-ring (bicyclic) bond motifs is 1. The SMILES string of the molecule is CC1=C(C(=O)OCC(Cl)(Cl)Cl)N2C(=O)[C@@H](N)[C@H]2SC1.Cl. The van der Waals surface area contributed by atoms with Gasteiger partial charge in [0, 0.05) is 5.75 Å². The van der Waals surface area contributed by atoms with Crippen molar-refractivity contribution in [3.63, 3.8) is 0 Å². The minimum absolute atomic E-state index is 0. The summed E-state index contributed by atoms with van der Waals surface area (Å²) in [6, 6.07) is -0.575. The lowest BCUT2D eigenvalue weighted by atomic mass is 10.0. The van der Waals surface area contributed by atoms with Gasteiger partial charge in [-0.25, -0.2) is 4.79 Å². The number of nitrogens with zero attached hydrogens (tertiary/aromatic N) is 1. The first-order valence-electron chi connectivity index (χ1n) is 5.36. The Morgan fingerprint density at radius 3 is 2.70 bits per heavy atom. The zero-order valence-corrected chi connectivity index (χ0v) is 14.2. The van der Waals surface area contributed by atoms with Gasteiger partial charge in [-0.3, -0.25) is 9.69 Å². The highest BCUT2D eigenvalue weighted by Gasteiger charge is 2.51. The summed E-state index contributed by atoms with van der Waals surface area (Å²) in [5.41, 5.74) is 6.64. The molecule has 20 heavy (non-hydrogen) atoms. The maximum Gasteiger partial charge on any atom is 0.355 e. The average Bonchev–Trinajstić information content (AvgIpc) is 2.33. The lowest BCUT2D eigenvalue weighted by Crippen LogP contribution is -2.68. The smallest absolute Gasteiger partial charge is 0.355 e. The first-order chi connectivity index (χ1) is 8.72. The van der Waals surface area contributed by atoms with Gasteiger partial charge < -0.3 is 10.5 Å². The predicted octanol–water partition coefficient (Wildman–Crippen LogP) is 1.84. The Hall–Kier alpha value is 0.150. The van der Waals surface area contributed by atoms with Crippen molar-refractivity contribution >= 4 is 70.8 Å². The van der Waals surface area contributed by atoms with Gasteiger partial charge in [-0.1, -0.05) is 34.8 Å². The van der Waals surface area contributed by atoms with Crippen LogP contribution in [0.4, 0.5) is 0 Å². The first-order valence-corrected chi connectivity index (χ1v) is 7.54. The van der Waals surface area contributed by atoms with Crippen LogP contribution >= 0.6 is 59.0 Å². The molecule has 1 amide bonds. The fourth-order valence-corrected chi connectivity index (χ4v) is 3.28. The second kappa shape index (κ2) is 6.50. The van der Waals surface area contributed by atoms with Crippen molar-refractivity contribution in [3.8, 4) is 0 Å². The van der Waals surface area contributed by atoms with Crippen LogP contribution < -0.4 is 5.73 Å². The van der Waals surface area contributed by atoms with Crippen LogP contribution in [-0.4, -0.2) is 44.3 Å². The van der Waals surface area contributed by atoms with Crippen LogP contribution in [0, 0.1) is 0 Å². The summed E-state index contributed by atoms with van der Waals surface area (Å²) in [5, 5.41) is -0.216. The zero-order valence-electron chi connectivity index (χ0n) is 10.3. The van der Waals surface area contributed by atoms with E-state index in [4.69, 9.17) is 45.3 Å². The van der Waals surface area contributed by atoms with Crippen LogP contribution in [0.25, 0.3) is 0 Å². The van der Waals surface area contributed by atoms with E-state index in [1.54, 1.807) is 6.92 Å². The second-order valence-electron chi connectivity index (χ2n) is 4.26. The average molecular weight is 382 g/mol. The van der Waals surface area contributed by atoms with Crippen LogP contribution in [-0.2, 0) is 14.3 Å². The molecule has 0 saturated carbocycles. The van der Waals surface area contributed by atoms with Crippen LogP contribution in [0.5, 0.6) is 0 Å². The molecule has 2 heterocycles. The number of hydrogen-bond acceptors (Lipinski definition) is 5. The number of carbonyl (C=O) groups excluding carboxylic acids is 2. The summed E-state index contributed by atoms with van der Waals surface area (Å²) in [4.78, 5) is 25.1. The fourth-order valence-electron chi connectivity index (χ4n) is 1.87. The molecule has 0 aliphatic carbocycles. The van der Waals surface area contributed by atoms with E-state index in [9.17, 15) is 9.59 Å². The molecular formula is C10H12Cl4N2O3S. The van der Waals surface area contributed by atoms with E-state index in [-0.39, 0.29) is 36.0 Å². The molecule has 10 heteroatoms. The molecule has 2 aliphatic heterocycles. The fraction of sp³-hybridized carbons (Fsp3) is 0.600. The molecule has 2 aliphatic rings. The summed E-state index contributed by atoms with van der Waals surface area (Å²) in [6.45, 7) is 1.38. The van der Waals surface area contributed by atoms with Gasteiger partial charge in [-0.2, -0.15) is 0 Å². The molecule has 5 nitrogen and oxygen atoms in total. The summed E-state index contributed by atoms with van der Waals surface area (Å²) in [7, 11) is 0. The molecule has 0 bridgehead atoms. The van der Waals surface area contributed by atoms with Crippen molar-refractivity contribution < 1.29 is 14.3 Å². The van der Waals surface area contributed by atoms with Gasteiger partial charge in [0.1, 0.15) is 23.7 Å². The highest BCUT2D eigenvalue weighted by molar-refractivity contribution is 8.00. The molecule has 0 aromatic carbocycles. The van der Waals surface area contributed by atoms with Gasteiger partial charge in [-0.05, 0) is 12.5 Å². The van der Waals surface area contributed by atoms with Crippen LogP contribution in [0.2, 0.25) is 0 Å². The molecular weight excluding hydrogens is 370 g/mol. The Bertz CT molecular complexity index is 466. The number of alkyl halides is 3. The topological polar surface area (TPSA) is 72.6 Å². The number of β-lactam (4-membered cyclic amide) rings is 1. The highest BCUT2D eigenvalue weighted by Crippen LogP contribution is 2.39. The van der Waals surface area contributed by atoms with E-state index in [0.29, 0.717) is 5.75 Å². The molecule has 1 fully saturated rings. The van der Waals surface area contributed by atoms with Crippen LogP contribution in [0.3, 0.4) is 0 Å². The first kappa shape index (κ1) is 18.2. The number of nitrogens with two attached hydrogens (primary N) is 1. The normalized spacial score (nSPS) is 25.6. The number of carbonyl (C=O) groups is 2. The largest absolute Gasteiger partial charge is 0.456 e. The third-order valence-corrected chi connectivity index (χ3v) is 4.53. The summed E-state index contributed by atoms with van der Waals surface area (Å²) < 4.78 is 3.24. The van der Waals surface area contributed by atoms with Crippen molar-refractivity contribution in [2.45, 2.75) is 22.1 Å². The quantitative estimate of drug-likeness (QED) is 0.448. The van der Waals surface area contributed by atoms with E-state index in [0.717, 1.165) is 5.57 Å². The molecule has 0 radical (unpaired) electrons. The minimum atomic E-state index is -1.68. The second-order valence-corrected chi connectivity index (χ2v) is 7.88. The number of ether oxygens (including phenoxy) is 1. The van der Waals surface area contributed by atoms with E-state index in [1.165, 1.54) is 16.7 Å². The maximum absolute atomic E-state index is 12.0. The molecule has 2 atom stereocenters. The Labute approximate surface area is 141 Å². The summed E-state index contributed by atoms with van der Waals surface area (Å²) >= 11 is 18.1. The molecule has 114 valence electrons. The summed E-state index contributed by atoms with van der Waals surface area (Å²) in [5.74, 6) is -0.355. The Morgan fingerprint density at radius 2 is 2.15 bits per heavy atom. The Morgan fingerprint density at radius 1 is 1.55 bits per heavy atom. The van der Waals surface area contributed by atoms with Crippen molar-refractivity contribution in [2.24, 2.45) is 5.73 Å². The van der Waals surface area contributed by atoms with Crippen LogP contribution in [0.15, 0.2) is 11.3 Å². The Kier molecular flexibility index (Phi) is 5.92. The number of hydrogen-bond donors (Lipinski definition) is 1. The lowest BCUT2D eigenvalue weighted by Gasteiger charge is -2.48. The molecule has 0 aromatic heterocycles. The van der Waals surface area contributed by atoms with Gasteiger partial charge in [-0.15, -0.1) is 24.2 Å². The van der Waals surface area contributed by atoms with E-state index < -0.39 is 15.8 Å². The van der Waals surface area contributed by atoms with Crippen LogP contribution in [0.1, 0.15) is 6.92 Å². The molecule has 0 aromatic rings. The lowest BCUT2D eigenvalue weighted by molar-refractivity contribution is -0.150. The van der Waals surface area contributed by atoms with Gasteiger partial charge in [0.2, 0.25) is 9.70 Å². The third-order valence-electron chi connectivity index (χ3n) is 2.76. The standard InChI is InChI=1S/C10H11Cl3N2O3S.ClH/c1-4-2-19-8-5(14)7(16)15(8)6(4)9(17)18-3-10(11,12)13;/h5,8H,2-3,14H2,1H3;1H/t5-,8-;/m1./s1. The van der Waals surface area contributed by atoms with Gasteiger partial charge in [0.25, 0.3) is 0 Å². The van der Waals surface area contributed by atoms with Crippen molar-refractivity contribution in [1.29, 1.82) is 0 Å². The van der Waals surface area contributed by atoms with Gasteiger partial charge >= 0.3 is 5.97 Å². The Balaban J connectivity index is 0.00000200. The molecule has 1 saturated heterocycles. The van der Waals surface area contributed by atoms with Crippen molar-refractivity contribution in [1.82, 2.24) is 4.90 Å². The van der Waals surface area contributed by atoms with Crippen molar-refractivity contribution in [3.05, 3.63) is 11.3 Å². The van der Waals surface area contributed by atoms with Gasteiger partial charge in [0.15, 0.2) is 0 Å². The maximum atomic E-state index is 12.0. The number of rotatable bonds is 2. The number of halogens is 4. The zero-order chi connectivity index (χ0) is 14.4. The van der Waals surface area contributed by atoms with Crippen molar-refractivity contribution in [2.75, 3.05) is 12.4 Å². The van der Waals surface area contributed by atoms with E-state index in [1.807, 2.05) is 0 Å². The number of thioether (sulfide) groups is 1. The van der Waals surface area contributed by atoms with E-state index in [2.05, 4.69) is 0 Å². The van der Waals surface area contributed by atoms with Gasteiger partial charge in [0.05, 0.1) is 0 Å². The highest BCUT2D eigenvalue weighted by atomic mass is 35.6. The predicted molar refractivity (Wildman–Crippen MR) is 82.3 cm³/mol. The molecule has 0 spiro atoms. The number of amides is 1.